The summed E-state index contributed by atoms with van der Waals surface area (Å²) in [4.78, 5) is 36.6. The number of carbonyl (C=O) groups excluding carboxylic acids is 3. The molecule has 0 aromatic heterocycles. The molecule has 0 aliphatic heterocycles. The Morgan fingerprint density at radius 3 is 2.20 bits per heavy atom. The summed E-state index contributed by atoms with van der Waals surface area (Å²) in [6.07, 6.45) is 1.97. The van der Waals surface area contributed by atoms with Crippen LogP contribution in [-0.4, -0.2) is 37.3 Å². The first-order valence-corrected chi connectivity index (χ1v) is 10.1. The summed E-state index contributed by atoms with van der Waals surface area (Å²) >= 11 is 0. The number of benzene rings is 2. The maximum atomic E-state index is 12.7. The zero-order valence-corrected chi connectivity index (χ0v) is 17.8. The molecule has 2 rings (SSSR count). The summed E-state index contributed by atoms with van der Waals surface area (Å²) in [5.74, 6) is 0.0974. The van der Waals surface area contributed by atoms with Gasteiger partial charge < -0.3 is 20.2 Å². The third-order valence-electron chi connectivity index (χ3n) is 4.86. The molecule has 2 aromatic rings. The van der Waals surface area contributed by atoms with Gasteiger partial charge >= 0.3 is 0 Å². The molecule has 0 saturated heterocycles. The summed E-state index contributed by atoms with van der Waals surface area (Å²) in [6, 6.07) is 15.7. The molecule has 2 amide bonds. The van der Waals surface area contributed by atoms with Crippen LogP contribution >= 0.6 is 0 Å². The van der Waals surface area contributed by atoms with Crippen LogP contribution in [0.4, 0.5) is 0 Å². The molecule has 0 heterocycles. The van der Waals surface area contributed by atoms with Gasteiger partial charge in [-0.2, -0.15) is 0 Å². The van der Waals surface area contributed by atoms with Crippen molar-refractivity contribution >= 4 is 18.1 Å². The second kappa shape index (κ2) is 11.8. The molecular weight excluding hydrogens is 380 g/mol. The van der Waals surface area contributed by atoms with Gasteiger partial charge in [0, 0.05) is 6.42 Å². The minimum absolute atomic E-state index is 0.112. The third kappa shape index (κ3) is 7.35. The van der Waals surface area contributed by atoms with Crippen LogP contribution in [0.2, 0.25) is 0 Å². The van der Waals surface area contributed by atoms with E-state index in [2.05, 4.69) is 10.6 Å². The number of carbonyl (C=O) groups is 3. The van der Waals surface area contributed by atoms with Gasteiger partial charge in [-0.05, 0) is 42.0 Å². The van der Waals surface area contributed by atoms with E-state index in [1.807, 2.05) is 68.4 Å². The van der Waals surface area contributed by atoms with Gasteiger partial charge in [0.2, 0.25) is 11.8 Å². The fourth-order valence-electron chi connectivity index (χ4n) is 3.10. The lowest BCUT2D eigenvalue weighted by Gasteiger charge is -2.23. The van der Waals surface area contributed by atoms with Crippen LogP contribution in [0.3, 0.4) is 0 Å². The van der Waals surface area contributed by atoms with Crippen LogP contribution in [0.5, 0.6) is 5.75 Å². The Morgan fingerprint density at radius 1 is 0.967 bits per heavy atom. The van der Waals surface area contributed by atoms with E-state index in [1.165, 1.54) is 0 Å². The monoisotopic (exact) mass is 410 g/mol. The van der Waals surface area contributed by atoms with Crippen molar-refractivity contribution in [1.29, 1.82) is 0 Å². The molecule has 0 aliphatic rings. The minimum atomic E-state index is -0.702. The number of nitrogens with one attached hydrogen (secondary N) is 2. The van der Waals surface area contributed by atoms with E-state index < -0.39 is 12.1 Å². The van der Waals surface area contributed by atoms with Gasteiger partial charge in [0.1, 0.15) is 18.1 Å². The lowest BCUT2D eigenvalue weighted by Crippen LogP contribution is -2.52. The van der Waals surface area contributed by atoms with Crippen molar-refractivity contribution in [2.45, 2.75) is 45.2 Å². The molecule has 2 aromatic carbocycles. The Kier molecular flexibility index (Phi) is 9.06. The minimum Gasteiger partial charge on any atom is -0.497 e. The van der Waals surface area contributed by atoms with E-state index in [0.717, 1.165) is 23.2 Å². The Labute approximate surface area is 178 Å². The molecule has 0 bridgehead atoms. The van der Waals surface area contributed by atoms with Gasteiger partial charge in [0.15, 0.2) is 0 Å². The van der Waals surface area contributed by atoms with E-state index in [9.17, 15) is 14.4 Å². The van der Waals surface area contributed by atoms with E-state index in [0.29, 0.717) is 12.8 Å². The molecule has 160 valence electrons. The summed E-state index contributed by atoms with van der Waals surface area (Å²) < 4.78 is 5.13. The Balaban J connectivity index is 1.90. The highest BCUT2D eigenvalue weighted by atomic mass is 16.5. The zero-order chi connectivity index (χ0) is 21.9. The van der Waals surface area contributed by atoms with Gasteiger partial charge in [-0.15, -0.1) is 0 Å². The number of aryl methyl sites for hydroxylation is 1. The van der Waals surface area contributed by atoms with Crippen molar-refractivity contribution in [3.8, 4) is 5.75 Å². The number of amides is 2. The Morgan fingerprint density at radius 2 is 1.63 bits per heavy atom. The molecule has 0 radical (unpaired) electrons. The van der Waals surface area contributed by atoms with Crippen molar-refractivity contribution in [3.63, 3.8) is 0 Å². The fourth-order valence-corrected chi connectivity index (χ4v) is 3.10. The SMILES string of the molecule is COc1ccc(CCC(=O)N[C@H](C(=O)NC(C=O)Cc2ccccc2)C(C)C)cc1. The van der Waals surface area contributed by atoms with Crippen molar-refractivity contribution in [2.75, 3.05) is 7.11 Å². The number of hydrogen-bond acceptors (Lipinski definition) is 4. The number of aldehydes is 1. The molecule has 6 nitrogen and oxygen atoms in total. The van der Waals surface area contributed by atoms with Crippen LogP contribution in [0.15, 0.2) is 54.6 Å². The van der Waals surface area contributed by atoms with E-state index in [1.54, 1.807) is 7.11 Å². The van der Waals surface area contributed by atoms with Gasteiger partial charge in [0.05, 0.1) is 13.2 Å². The van der Waals surface area contributed by atoms with Crippen LogP contribution < -0.4 is 15.4 Å². The number of hydrogen-bond donors (Lipinski definition) is 2. The molecule has 1 unspecified atom stereocenters. The standard InChI is InChI=1S/C24H30N2O4/c1-17(2)23(24(29)25-20(16-27)15-19-7-5-4-6-8-19)26-22(28)14-11-18-9-12-21(30-3)13-10-18/h4-10,12-13,16-17,20,23H,11,14-15H2,1-3H3,(H,25,29)(H,26,28)/t20?,23-/m0/s1. The first-order valence-electron chi connectivity index (χ1n) is 10.1. The van der Waals surface area contributed by atoms with E-state index >= 15 is 0 Å². The first kappa shape index (κ1) is 23.1. The van der Waals surface area contributed by atoms with Gasteiger partial charge in [-0.1, -0.05) is 56.3 Å². The largest absolute Gasteiger partial charge is 0.497 e. The van der Waals surface area contributed by atoms with Gasteiger partial charge in [0.25, 0.3) is 0 Å². The van der Waals surface area contributed by atoms with Crippen LogP contribution in [0, 0.1) is 5.92 Å². The molecule has 0 saturated carbocycles. The predicted octanol–water partition coefficient (Wildman–Crippen LogP) is 2.70. The van der Waals surface area contributed by atoms with Crippen LogP contribution in [-0.2, 0) is 27.2 Å². The Bertz CT molecular complexity index is 819. The fraction of sp³-hybridized carbons (Fsp3) is 0.375. The normalized spacial score (nSPS) is 12.7. The molecule has 0 aliphatic carbocycles. The predicted molar refractivity (Wildman–Crippen MR) is 116 cm³/mol. The highest BCUT2D eigenvalue weighted by molar-refractivity contribution is 5.89. The highest BCUT2D eigenvalue weighted by Gasteiger charge is 2.26. The van der Waals surface area contributed by atoms with Gasteiger partial charge in [-0.3, -0.25) is 9.59 Å². The summed E-state index contributed by atoms with van der Waals surface area (Å²) in [5.41, 5.74) is 1.97. The van der Waals surface area contributed by atoms with Gasteiger partial charge in [-0.25, -0.2) is 0 Å². The third-order valence-corrected chi connectivity index (χ3v) is 4.86. The molecular formula is C24H30N2O4. The van der Waals surface area contributed by atoms with Crippen LogP contribution in [0.1, 0.15) is 31.4 Å². The van der Waals surface area contributed by atoms with E-state index in [4.69, 9.17) is 4.74 Å². The quantitative estimate of drug-likeness (QED) is 0.558. The smallest absolute Gasteiger partial charge is 0.243 e. The number of ether oxygens (including phenoxy) is 1. The molecule has 0 fully saturated rings. The van der Waals surface area contributed by atoms with Crippen molar-refractivity contribution in [2.24, 2.45) is 5.92 Å². The van der Waals surface area contributed by atoms with Crippen molar-refractivity contribution in [3.05, 3.63) is 65.7 Å². The summed E-state index contributed by atoms with van der Waals surface area (Å²) in [7, 11) is 1.61. The Hall–Kier alpha value is -3.15. The maximum Gasteiger partial charge on any atom is 0.243 e. The first-order chi connectivity index (χ1) is 14.4. The van der Waals surface area contributed by atoms with E-state index in [-0.39, 0.29) is 24.2 Å². The topological polar surface area (TPSA) is 84.5 Å². The molecule has 2 atom stereocenters. The zero-order valence-electron chi connectivity index (χ0n) is 17.8. The molecule has 6 heteroatoms. The summed E-state index contributed by atoms with van der Waals surface area (Å²) in [6.45, 7) is 3.72. The molecule has 0 spiro atoms. The average molecular weight is 411 g/mol. The number of rotatable bonds is 11. The second-order valence-electron chi connectivity index (χ2n) is 7.58. The van der Waals surface area contributed by atoms with Crippen LogP contribution in [0.25, 0.3) is 0 Å². The maximum absolute atomic E-state index is 12.7. The summed E-state index contributed by atoms with van der Waals surface area (Å²) in [5, 5.41) is 5.56. The van der Waals surface area contributed by atoms with Crippen molar-refractivity contribution < 1.29 is 19.1 Å². The number of methoxy groups -OCH3 is 1. The highest BCUT2D eigenvalue weighted by Crippen LogP contribution is 2.13. The molecule has 2 N–H and O–H groups in total. The second-order valence-corrected chi connectivity index (χ2v) is 7.58. The average Bonchev–Trinajstić information content (AvgIpc) is 2.76. The lowest BCUT2D eigenvalue weighted by molar-refractivity contribution is -0.131. The molecule has 30 heavy (non-hydrogen) atoms. The van der Waals surface area contributed by atoms with Crippen molar-refractivity contribution in [1.82, 2.24) is 10.6 Å². The lowest BCUT2D eigenvalue weighted by atomic mass is 10.0.